The topological polar surface area (TPSA) is 24.9 Å². The number of rotatable bonds is 3. The molecule has 0 saturated heterocycles. The molecule has 17 heavy (non-hydrogen) atoms. The van der Waals surface area contributed by atoms with Crippen molar-refractivity contribution >= 4 is 0 Å². The minimum absolute atomic E-state index is 0.211. The van der Waals surface area contributed by atoms with Gasteiger partial charge in [-0.05, 0) is 37.2 Å². The van der Waals surface area contributed by atoms with Crippen molar-refractivity contribution < 1.29 is 4.39 Å². The van der Waals surface area contributed by atoms with Crippen molar-refractivity contribution in [3.05, 3.63) is 65.2 Å². The van der Waals surface area contributed by atoms with Gasteiger partial charge in [-0.2, -0.15) is 0 Å². The highest BCUT2D eigenvalue weighted by atomic mass is 19.1. The van der Waals surface area contributed by atoms with Crippen LogP contribution in [0.4, 0.5) is 4.39 Å². The summed E-state index contributed by atoms with van der Waals surface area (Å²) in [5, 5.41) is 3.11. The fraction of sp³-hybridized carbons (Fsp3) is 0.214. The number of nitrogens with zero attached hydrogens (tertiary/aromatic N) is 1. The molecular weight excluding hydrogens is 215 g/mol. The van der Waals surface area contributed by atoms with Crippen LogP contribution in [0.25, 0.3) is 0 Å². The molecule has 0 saturated carbocycles. The van der Waals surface area contributed by atoms with Crippen molar-refractivity contribution in [3.63, 3.8) is 0 Å². The third-order valence-electron chi connectivity index (χ3n) is 2.85. The van der Waals surface area contributed by atoms with Gasteiger partial charge in [0.15, 0.2) is 0 Å². The Morgan fingerprint density at radius 3 is 2.59 bits per heavy atom. The fourth-order valence-electron chi connectivity index (χ4n) is 1.96. The first kappa shape index (κ1) is 11.7. The van der Waals surface area contributed by atoms with Crippen LogP contribution in [0, 0.1) is 12.7 Å². The normalized spacial score (nSPS) is 12.4. The van der Waals surface area contributed by atoms with E-state index in [9.17, 15) is 4.39 Å². The molecule has 1 aromatic heterocycles. The summed E-state index contributed by atoms with van der Waals surface area (Å²) in [6.45, 7) is 2.01. The molecule has 0 fully saturated rings. The van der Waals surface area contributed by atoms with Gasteiger partial charge >= 0.3 is 0 Å². The van der Waals surface area contributed by atoms with E-state index < -0.39 is 0 Å². The van der Waals surface area contributed by atoms with Crippen molar-refractivity contribution in [2.45, 2.75) is 13.0 Å². The Hall–Kier alpha value is -1.74. The van der Waals surface area contributed by atoms with Gasteiger partial charge in [0.2, 0.25) is 0 Å². The van der Waals surface area contributed by atoms with Crippen molar-refractivity contribution in [1.82, 2.24) is 10.3 Å². The van der Waals surface area contributed by atoms with Gasteiger partial charge in [0.25, 0.3) is 0 Å². The summed E-state index contributed by atoms with van der Waals surface area (Å²) in [6.07, 6.45) is 1.61. The minimum atomic E-state index is -0.282. The molecule has 88 valence electrons. The molecule has 0 aliphatic heterocycles. The lowest BCUT2D eigenvalue weighted by atomic mass is 9.98. The molecule has 0 radical (unpaired) electrons. The second-order valence-electron chi connectivity index (χ2n) is 3.95. The summed E-state index contributed by atoms with van der Waals surface area (Å²) < 4.78 is 13.7. The van der Waals surface area contributed by atoms with Gasteiger partial charge in [-0.1, -0.05) is 24.3 Å². The lowest BCUT2D eigenvalue weighted by molar-refractivity contribution is 0.559. The SMILES string of the molecule is CNC(c1ccccc1C)c1ncccc1F. The third-order valence-corrected chi connectivity index (χ3v) is 2.85. The first-order valence-corrected chi connectivity index (χ1v) is 5.57. The van der Waals surface area contributed by atoms with Gasteiger partial charge in [0.1, 0.15) is 5.82 Å². The van der Waals surface area contributed by atoms with E-state index in [2.05, 4.69) is 10.3 Å². The van der Waals surface area contributed by atoms with E-state index in [1.165, 1.54) is 6.07 Å². The van der Waals surface area contributed by atoms with Crippen LogP contribution in [0.1, 0.15) is 22.9 Å². The van der Waals surface area contributed by atoms with Gasteiger partial charge in [-0.25, -0.2) is 4.39 Å². The number of benzene rings is 1. The van der Waals surface area contributed by atoms with Crippen molar-refractivity contribution in [2.75, 3.05) is 7.05 Å². The highest BCUT2D eigenvalue weighted by molar-refractivity contribution is 5.34. The van der Waals surface area contributed by atoms with E-state index in [-0.39, 0.29) is 11.9 Å². The molecule has 0 aliphatic carbocycles. The van der Waals surface area contributed by atoms with Crippen molar-refractivity contribution in [2.24, 2.45) is 0 Å². The summed E-state index contributed by atoms with van der Waals surface area (Å²) in [5.74, 6) is -0.282. The molecule has 1 heterocycles. The number of hydrogen-bond acceptors (Lipinski definition) is 2. The number of nitrogens with one attached hydrogen (secondary N) is 1. The maximum absolute atomic E-state index is 13.7. The molecule has 1 N–H and O–H groups in total. The zero-order valence-corrected chi connectivity index (χ0v) is 9.94. The van der Waals surface area contributed by atoms with E-state index in [1.807, 2.05) is 38.2 Å². The van der Waals surface area contributed by atoms with Crippen LogP contribution in [0.15, 0.2) is 42.6 Å². The Kier molecular flexibility index (Phi) is 3.49. The highest BCUT2D eigenvalue weighted by Gasteiger charge is 2.18. The number of aryl methyl sites for hydroxylation is 1. The Balaban J connectivity index is 2.48. The lowest BCUT2D eigenvalue weighted by Gasteiger charge is -2.18. The molecule has 3 heteroatoms. The van der Waals surface area contributed by atoms with Gasteiger partial charge < -0.3 is 5.32 Å². The van der Waals surface area contributed by atoms with Crippen LogP contribution in [0.2, 0.25) is 0 Å². The molecule has 2 nitrogen and oxygen atoms in total. The lowest BCUT2D eigenvalue weighted by Crippen LogP contribution is -2.21. The van der Waals surface area contributed by atoms with Crippen LogP contribution >= 0.6 is 0 Å². The van der Waals surface area contributed by atoms with Crippen LogP contribution in [-0.2, 0) is 0 Å². The number of hydrogen-bond donors (Lipinski definition) is 1. The molecule has 1 aromatic carbocycles. The Morgan fingerprint density at radius 2 is 1.94 bits per heavy atom. The van der Waals surface area contributed by atoms with Crippen molar-refractivity contribution in [3.8, 4) is 0 Å². The molecule has 2 rings (SSSR count). The predicted molar refractivity (Wildman–Crippen MR) is 66.3 cm³/mol. The molecular formula is C14H15FN2. The van der Waals surface area contributed by atoms with Crippen LogP contribution in [-0.4, -0.2) is 12.0 Å². The number of pyridine rings is 1. The predicted octanol–water partition coefficient (Wildman–Crippen LogP) is 2.84. The minimum Gasteiger partial charge on any atom is -0.308 e. The van der Waals surface area contributed by atoms with E-state index >= 15 is 0 Å². The van der Waals surface area contributed by atoms with E-state index in [0.717, 1.165) is 11.1 Å². The molecule has 1 atom stereocenters. The van der Waals surface area contributed by atoms with E-state index in [4.69, 9.17) is 0 Å². The number of halogens is 1. The Bertz CT molecular complexity index is 466. The summed E-state index contributed by atoms with van der Waals surface area (Å²) >= 11 is 0. The van der Waals surface area contributed by atoms with Crippen molar-refractivity contribution in [1.29, 1.82) is 0 Å². The Morgan fingerprint density at radius 1 is 1.18 bits per heavy atom. The molecule has 1 unspecified atom stereocenters. The second-order valence-corrected chi connectivity index (χ2v) is 3.95. The zero-order chi connectivity index (χ0) is 12.3. The van der Waals surface area contributed by atoms with Gasteiger partial charge in [0, 0.05) is 6.20 Å². The van der Waals surface area contributed by atoms with E-state index in [1.54, 1.807) is 12.3 Å². The molecule has 0 amide bonds. The summed E-state index contributed by atoms with van der Waals surface area (Å²) in [4.78, 5) is 4.13. The van der Waals surface area contributed by atoms with Gasteiger partial charge in [-0.15, -0.1) is 0 Å². The average Bonchev–Trinajstić information content (AvgIpc) is 2.34. The van der Waals surface area contributed by atoms with Crippen LogP contribution in [0.3, 0.4) is 0 Å². The van der Waals surface area contributed by atoms with Gasteiger partial charge in [0.05, 0.1) is 11.7 Å². The summed E-state index contributed by atoms with van der Waals surface area (Å²) in [7, 11) is 1.81. The quantitative estimate of drug-likeness (QED) is 0.877. The highest BCUT2D eigenvalue weighted by Crippen LogP contribution is 2.24. The monoisotopic (exact) mass is 230 g/mol. The zero-order valence-electron chi connectivity index (χ0n) is 9.94. The first-order chi connectivity index (χ1) is 8.24. The summed E-state index contributed by atoms with van der Waals surface area (Å²) in [6, 6.07) is 10.8. The maximum Gasteiger partial charge on any atom is 0.146 e. The van der Waals surface area contributed by atoms with Crippen LogP contribution in [0.5, 0.6) is 0 Å². The van der Waals surface area contributed by atoms with Crippen LogP contribution < -0.4 is 5.32 Å². The maximum atomic E-state index is 13.7. The smallest absolute Gasteiger partial charge is 0.146 e. The Labute approximate surface area is 101 Å². The molecule has 2 aromatic rings. The fourth-order valence-corrected chi connectivity index (χ4v) is 1.96. The summed E-state index contributed by atoms with van der Waals surface area (Å²) in [5.41, 5.74) is 2.61. The molecule has 0 bridgehead atoms. The number of aromatic nitrogens is 1. The standard InChI is InChI=1S/C14H15FN2/c1-10-6-3-4-7-11(10)13(16-2)14-12(15)8-5-9-17-14/h3-9,13,16H,1-2H3. The average molecular weight is 230 g/mol. The third kappa shape index (κ3) is 2.34. The first-order valence-electron chi connectivity index (χ1n) is 5.57. The largest absolute Gasteiger partial charge is 0.308 e. The molecule has 0 aliphatic rings. The van der Waals surface area contributed by atoms with E-state index in [0.29, 0.717) is 5.69 Å². The molecule has 0 spiro atoms. The second kappa shape index (κ2) is 5.06. The van der Waals surface area contributed by atoms with Gasteiger partial charge in [-0.3, -0.25) is 4.98 Å².